The summed E-state index contributed by atoms with van der Waals surface area (Å²) < 4.78 is 52.7. The first-order valence-corrected chi connectivity index (χ1v) is 11.4. The Hall–Kier alpha value is -4.23. The van der Waals surface area contributed by atoms with Crippen LogP contribution in [0.15, 0.2) is 60.7 Å². The van der Waals surface area contributed by atoms with Gasteiger partial charge in [-0.2, -0.15) is 5.26 Å². The number of hydrogen-bond acceptors (Lipinski definition) is 4. The largest absolute Gasteiger partial charge is 0.350 e. The van der Waals surface area contributed by atoms with Crippen LogP contribution in [0, 0.1) is 23.0 Å². The molecule has 0 aliphatic heterocycles. The number of carbonyl (C=O) groups excluding carboxylic acids is 1. The molecule has 0 fully saturated rings. The van der Waals surface area contributed by atoms with Crippen LogP contribution in [0.4, 0.5) is 20.2 Å². The Balaban J connectivity index is 1.64. The highest BCUT2D eigenvalue weighted by atomic mass is 32.2. The third kappa shape index (κ3) is 4.99. The molecule has 0 spiro atoms. The molecular formula is C23H16F2N4O3S. The number of sulfonamides is 1. The highest BCUT2D eigenvalue weighted by Gasteiger charge is 2.14. The first kappa shape index (κ1) is 22.0. The van der Waals surface area contributed by atoms with Crippen LogP contribution in [-0.4, -0.2) is 25.6 Å². The number of amides is 1. The van der Waals surface area contributed by atoms with Gasteiger partial charge in [0.15, 0.2) is 0 Å². The normalized spacial score (nSPS) is 11.2. The van der Waals surface area contributed by atoms with Crippen LogP contribution in [0.2, 0.25) is 0 Å². The van der Waals surface area contributed by atoms with Gasteiger partial charge in [-0.3, -0.25) is 9.52 Å². The van der Waals surface area contributed by atoms with E-state index in [1.165, 1.54) is 24.3 Å². The van der Waals surface area contributed by atoms with Gasteiger partial charge in [0, 0.05) is 28.2 Å². The molecule has 0 unspecified atom stereocenters. The molecule has 10 heteroatoms. The van der Waals surface area contributed by atoms with E-state index >= 15 is 0 Å². The van der Waals surface area contributed by atoms with Crippen molar-refractivity contribution < 1.29 is 22.0 Å². The van der Waals surface area contributed by atoms with Crippen molar-refractivity contribution in [3.05, 3.63) is 83.6 Å². The Bertz CT molecular complexity index is 1560. The molecule has 1 amide bonds. The molecule has 0 saturated heterocycles. The van der Waals surface area contributed by atoms with Crippen molar-refractivity contribution in [2.75, 3.05) is 16.3 Å². The van der Waals surface area contributed by atoms with Crippen LogP contribution in [-0.2, 0) is 10.0 Å². The minimum atomic E-state index is -3.45. The van der Waals surface area contributed by atoms with Gasteiger partial charge in [-0.25, -0.2) is 17.2 Å². The Kier molecular flexibility index (Phi) is 5.57. The number of rotatable bonds is 5. The van der Waals surface area contributed by atoms with E-state index in [4.69, 9.17) is 0 Å². The number of anilines is 2. The van der Waals surface area contributed by atoms with E-state index in [0.717, 1.165) is 18.4 Å². The van der Waals surface area contributed by atoms with Gasteiger partial charge in [0.25, 0.3) is 5.91 Å². The van der Waals surface area contributed by atoms with E-state index in [1.807, 2.05) is 6.07 Å². The topological polar surface area (TPSA) is 115 Å². The minimum absolute atomic E-state index is 0.0838. The summed E-state index contributed by atoms with van der Waals surface area (Å²) in [5.41, 5.74) is 1.88. The summed E-state index contributed by atoms with van der Waals surface area (Å²) in [6.45, 7) is 0. The lowest BCUT2D eigenvalue weighted by molar-refractivity contribution is 0.102. The second-order valence-electron chi connectivity index (χ2n) is 7.35. The molecule has 0 bridgehead atoms. The molecule has 4 aromatic rings. The lowest BCUT2D eigenvalue weighted by atomic mass is 10.0. The number of nitrogens with zero attached hydrogens (tertiary/aromatic N) is 1. The smallest absolute Gasteiger partial charge is 0.272 e. The second kappa shape index (κ2) is 8.37. The van der Waals surface area contributed by atoms with Crippen molar-refractivity contribution in [1.82, 2.24) is 4.98 Å². The second-order valence-corrected chi connectivity index (χ2v) is 9.10. The summed E-state index contributed by atoms with van der Waals surface area (Å²) in [4.78, 5) is 15.7. The van der Waals surface area contributed by atoms with Crippen LogP contribution < -0.4 is 10.0 Å². The zero-order valence-electron chi connectivity index (χ0n) is 17.1. The molecule has 3 N–H and O–H groups in total. The molecule has 1 heterocycles. The van der Waals surface area contributed by atoms with E-state index in [2.05, 4.69) is 15.0 Å². The molecule has 0 aliphatic carbocycles. The van der Waals surface area contributed by atoms with Gasteiger partial charge in [0.05, 0.1) is 23.6 Å². The predicted molar refractivity (Wildman–Crippen MR) is 121 cm³/mol. The summed E-state index contributed by atoms with van der Waals surface area (Å²) in [5, 5.41) is 12.7. The number of hydrogen-bond donors (Lipinski definition) is 3. The monoisotopic (exact) mass is 466 g/mol. The van der Waals surface area contributed by atoms with E-state index in [1.54, 1.807) is 24.3 Å². The maximum Gasteiger partial charge on any atom is 0.272 e. The molecule has 0 saturated carbocycles. The SMILES string of the molecule is CS(=O)(=O)Nc1ccc2cc(C(=O)Nc3cc(C#N)cc(-c4ccc(F)cc4F)c3)[nH]c2c1. The Morgan fingerprint density at radius 3 is 2.48 bits per heavy atom. The fourth-order valence-corrected chi connectivity index (χ4v) is 3.92. The highest BCUT2D eigenvalue weighted by Crippen LogP contribution is 2.28. The van der Waals surface area contributed by atoms with Gasteiger partial charge < -0.3 is 10.3 Å². The fourth-order valence-electron chi connectivity index (χ4n) is 3.37. The molecule has 3 aromatic carbocycles. The predicted octanol–water partition coefficient (Wildman–Crippen LogP) is 4.61. The third-order valence-electron chi connectivity index (χ3n) is 4.73. The summed E-state index contributed by atoms with van der Waals surface area (Å²) in [6, 6.07) is 15.8. The van der Waals surface area contributed by atoms with Crippen LogP contribution in [0.3, 0.4) is 0 Å². The number of nitrogens with one attached hydrogen (secondary N) is 3. The first-order valence-electron chi connectivity index (χ1n) is 9.54. The molecule has 0 aliphatic rings. The molecule has 1 aromatic heterocycles. The van der Waals surface area contributed by atoms with Crippen molar-refractivity contribution in [1.29, 1.82) is 5.26 Å². The summed E-state index contributed by atoms with van der Waals surface area (Å²) in [7, 11) is -3.45. The fraction of sp³-hybridized carbons (Fsp3) is 0.0435. The average molecular weight is 466 g/mol. The summed E-state index contributed by atoms with van der Waals surface area (Å²) >= 11 is 0. The molecule has 33 heavy (non-hydrogen) atoms. The summed E-state index contributed by atoms with van der Waals surface area (Å²) in [5.74, 6) is -2.05. The Labute approximate surface area is 187 Å². The van der Waals surface area contributed by atoms with Gasteiger partial charge in [-0.05, 0) is 54.1 Å². The first-order chi connectivity index (χ1) is 15.6. The van der Waals surface area contributed by atoms with Gasteiger partial charge >= 0.3 is 0 Å². The maximum absolute atomic E-state index is 14.2. The standard InChI is InChI=1S/C23H16F2N4O3S/c1-33(31,32)29-17-4-2-14-9-22(28-21(14)11-17)23(30)27-18-7-13(12-26)6-15(8-18)19-5-3-16(24)10-20(19)25/h2-11,28-29H,1H3,(H,27,30). The minimum Gasteiger partial charge on any atom is -0.350 e. The van der Waals surface area contributed by atoms with E-state index in [-0.39, 0.29) is 22.5 Å². The molecule has 0 radical (unpaired) electrons. The molecule has 4 rings (SSSR count). The lowest BCUT2D eigenvalue weighted by Crippen LogP contribution is -2.12. The highest BCUT2D eigenvalue weighted by molar-refractivity contribution is 7.92. The number of H-pyrrole nitrogens is 1. The van der Waals surface area contributed by atoms with Crippen LogP contribution in [0.25, 0.3) is 22.0 Å². The zero-order chi connectivity index (χ0) is 23.8. The van der Waals surface area contributed by atoms with Gasteiger partial charge in [-0.1, -0.05) is 6.07 Å². The van der Waals surface area contributed by atoms with Crippen LogP contribution >= 0.6 is 0 Å². The number of carbonyl (C=O) groups is 1. The third-order valence-corrected chi connectivity index (χ3v) is 5.34. The van der Waals surface area contributed by atoms with Crippen molar-refractivity contribution >= 4 is 38.2 Å². The number of fused-ring (bicyclic) bond motifs is 1. The number of aromatic nitrogens is 1. The van der Waals surface area contributed by atoms with E-state index < -0.39 is 27.6 Å². The number of aromatic amines is 1. The van der Waals surface area contributed by atoms with Crippen molar-refractivity contribution in [3.63, 3.8) is 0 Å². The van der Waals surface area contributed by atoms with Crippen LogP contribution in [0.1, 0.15) is 16.1 Å². The molecule has 0 atom stereocenters. The molecular weight excluding hydrogens is 450 g/mol. The average Bonchev–Trinajstić information content (AvgIpc) is 3.16. The van der Waals surface area contributed by atoms with Gasteiger partial charge in [-0.15, -0.1) is 0 Å². The number of halogens is 2. The number of benzene rings is 3. The van der Waals surface area contributed by atoms with Gasteiger partial charge in [0.2, 0.25) is 10.0 Å². The van der Waals surface area contributed by atoms with Crippen molar-refractivity contribution in [2.24, 2.45) is 0 Å². The van der Waals surface area contributed by atoms with Gasteiger partial charge in [0.1, 0.15) is 17.3 Å². The van der Waals surface area contributed by atoms with Crippen LogP contribution in [0.5, 0.6) is 0 Å². The zero-order valence-corrected chi connectivity index (χ0v) is 17.9. The number of nitriles is 1. The van der Waals surface area contributed by atoms with Crippen molar-refractivity contribution in [2.45, 2.75) is 0 Å². The molecule has 166 valence electrons. The quantitative estimate of drug-likeness (QED) is 0.398. The lowest BCUT2D eigenvalue weighted by Gasteiger charge is -2.09. The Morgan fingerprint density at radius 2 is 1.79 bits per heavy atom. The van der Waals surface area contributed by atoms with E-state index in [9.17, 15) is 27.3 Å². The molecule has 7 nitrogen and oxygen atoms in total. The maximum atomic E-state index is 14.2. The summed E-state index contributed by atoms with van der Waals surface area (Å²) in [6.07, 6.45) is 1.03. The van der Waals surface area contributed by atoms with E-state index in [0.29, 0.717) is 22.2 Å². The Morgan fingerprint density at radius 1 is 1.00 bits per heavy atom. The van der Waals surface area contributed by atoms with Crippen molar-refractivity contribution in [3.8, 4) is 17.2 Å².